The maximum Gasteiger partial charge on any atom is 0.408 e. The number of nitrogens with zero attached hydrogens (tertiary/aromatic N) is 1. The Balaban J connectivity index is 2.80. The summed E-state index contributed by atoms with van der Waals surface area (Å²) >= 11 is 6.95. The molecule has 1 heterocycles. The smallest absolute Gasteiger partial charge is 0.408 e. The minimum Gasteiger partial charge on any atom is -0.456 e. The Morgan fingerprint density at radius 1 is 1.08 bits per heavy atom. The maximum atomic E-state index is 12.9. The second-order valence-electron chi connectivity index (χ2n) is 10.9. The summed E-state index contributed by atoms with van der Waals surface area (Å²) in [6.07, 6.45) is 2.04. The van der Waals surface area contributed by atoms with Crippen LogP contribution in [0.1, 0.15) is 83.7 Å². The Morgan fingerprint density at radius 3 is 2.26 bits per heavy atom. The molecule has 1 aromatic heterocycles. The zero-order chi connectivity index (χ0) is 29.1. The minimum atomic E-state index is -0.974. The molecule has 0 aliphatic heterocycles. The molecule has 0 bridgehead atoms. The molecule has 10 nitrogen and oxygen atoms in total. The van der Waals surface area contributed by atoms with E-state index in [1.54, 1.807) is 72.9 Å². The van der Waals surface area contributed by atoms with Gasteiger partial charge >= 0.3 is 18.0 Å². The lowest BCUT2D eigenvalue weighted by atomic mass is 10.0. The maximum absolute atomic E-state index is 12.9. The Labute approximate surface area is 233 Å². The highest BCUT2D eigenvalue weighted by Gasteiger charge is 2.30. The van der Waals surface area contributed by atoms with Gasteiger partial charge in [0.25, 0.3) is 0 Å². The summed E-state index contributed by atoms with van der Waals surface area (Å²) < 4.78 is 16.1. The summed E-state index contributed by atoms with van der Waals surface area (Å²) in [4.78, 5) is 54.1. The zero-order valence-corrected chi connectivity index (χ0v) is 25.0. The van der Waals surface area contributed by atoms with Crippen molar-refractivity contribution in [3.8, 4) is 0 Å². The number of hydrogen-bond acceptors (Lipinski definition) is 9. The van der Waals surface area contributed by atoms with Crippen LogP contribution in [-0.4, -0.2) is 58.2 Å². The molecule has 2 amide bonds. The molecule has 2 N–H and O–H groups in total. The van der Waals surface area contributed by atoms with Crippen LogP contribution in [0, 0.1) is 5.92 Å². The summed E-state index contributed by atoms with van der Waals surface area (Å²) in [5.41, 5.74) is -1.21. The number of ether oxygens (including phenoxy) is 3. The van der Waals surface area contributed by atoms with Crippen LogP contribution in [0.25, 0.3) is 0 Å². The molecule has 214 valence electrons. The molecule has 0 aliphatic carbocycles. The third-order valence-electron chi connectivity index (χ3n) is 4.47. The first-order valence-electron chi connectivity index (χ1n) is 12.4. The van der Waals surface area contributed by atoms with Gasteiger partial charge in [0.1, 0.15) is 28.4 Å². The number of thiazole rings is 1. The van der Waals surface area contributed by atoms with Gasteiger partial charge in [-0.05, 0) is 60.0 Å². The molecule has 12 heteroatoms. The van der Waals surface area contributed by atoms with E-state index < -0.39 is 47.3 Å². The molecule has 0 radical (unpaired) electrons. The van der Waals surface area contributed by atoms with Gasteiger partial charge in [-0.3, -0.25) is 4.79 Å². The normalized spacial score (nSPS) is 13.6. The molecule has 0 saturated heterocycles. The van der Waals surface area contributed by atoms with Gasteiger partial charge in [-0.2, -0.15) is 0 Å². The van der Waals surface area contributed by atoms with Crippen LogP contribution in [-0.2, 0) is 30.3 Å². The number of alkyl carbamates (subject to hydrolysis) is 1. The largest absolute Gasteiger partial charge is 0.456 e. The molecule has 1 rings (SSSR count). The van der Waals surface area contributed by atoms with Crippen LogP contribution in [0.15, 0.2) is 17.5 Å². The summed E-state index contributed by atoms with van der Waals surface area (Å²) in [7, 11) is 0. The molecule has 0 spiro atoms. The van der Waals surface area contributed by atoms with Crippen molar-refractivity contribution < 1.29 is 33.4 Å². The number of hydrogen-bond donors (Lipinski definition) is 2. The molecule has 0 unspecified atom stereocenters. The number of amides is 2. The topological polar surface area (TPSA) is 133 Å². The van der Waals surface area contributed by atoms with Crippen LogP contribution >= 0.6 is 22.9 Å². The van der Waals surface area contributed by atoms with Crippen LogP contribution in [0.5, 0.6) is 0 Å². The number of alkyl halides is 1. The van der Waals surface area contributed by atoms with Gasteiger partial charge < -0.3 is 24.8 Å². The van der Waals surface area contributed by atoms with Gasteiger partial charge in [-0.1, -0.05) is 19.9 Å². The number of carbonyl (C=O) groups excluding carboxylic acids is 4. The van der Waals surface area contributed by atoms with E-state index in [9.17, 15) is 19.2 Å². The van der Waals surface area contributed by atoms with E-state index in [0.717, 1.165) is 0 Å². The number of nitrogens with one attached hydrogen (secondary N) is 2. The van der Waals surface area contributed by atoms with Gasteiger partial charge in [0.15, 0.2) is 5.69 Å². The molecule has 2 atom stereocenters. The minimum absolute atomic E-state index is 0.0905. The van der Waals surface area contributed by atoms with E-state index in [0.29, 0.717) is 17.3 Å². The second-order valence-corrected chi connectivity index (χ2v) is 12.2. The van der Waals surface area contributed by atoms with E-state index in [4.69, 9.17) is 25.8 Å². The van der Waals surface area contributed by atoms with Crippen molar-refractivity contribution in [2.45, 2.75) is 98.1 Å². The van der Waals surface area contributed by atoms with E-state index in [1.165, 1.54) is 11.3 Å². The van der Waals surface area contributed by atoms with Gasteiger partial charge in [0.2, 0.25) is 5.91 Å². The van der Waals surface area contributed by atoms with Crippen LogP contribution in [0.2, 0.25) is 0 Å². The summed E-state index contributed by atoms with van der Waals surface area (Å²) in [5, 5.41) is 7.35. The fourth-order valence-corrected chi connectivity index (χ4v) is 3.69. The Bertz CT molecular complexity index is 980. The zero-order valence-electron chi connectivity index (χ0n) is 23.4. The average Bonchev–Trinajstić information content (AvgIpc) is 3.23. The molecule has 0 fully saturated rings. The van der Waals surface area contributed by atoms with Crippen molar-refractivity contribution in [1.82, 2.24) is 15.6 Å². The number of halogens is 1. The summed E-state index contributed by atoms with van der Waals surface area (Å²) in [6.45, 7) is 14.1. The highest BCUT2D eigenvalue weighted by molar-refractivity contribution is 7.09. The fourth-order valence-electron chi connectivity index (χ4n) is 2.86. The van der Waals surface area contributed by atoms with Crippen LogP contribution in [0.3, 0.4) is 0 Å². The van der Waals surface area contributed by atoms with Gasteiger partial charge in [0, 0.05) is 11.3 Å². The van der Waals surface area contributed by atoms with E-state index in [-0.39, 0.29) is 24.6 Å². The molecule has 1 aromatic rings. The van der Waals surface area contributed by atoms with Gasteiger partial charge in [-0.15, -0.1) is 22.9 Å². The molecule has 0 saturated carbocycles. The van der Waals surface area contributed by atoms with Crippen molar-refractivity contribution >= 4 is 46.9 Å². The van der Waals surface area contributed by atoms with Crippen molar-refractivity contribution in [3.05, 3.63) is 28.2 Å². The Kier molecular flexibility index (Phi) is 13.2. The summed E-state index contributed by atoms with van der Waals surface area (Å²) in [5.74, 6) is -1.56. The first-order chi connectivity index (χ1) is 17.5. The number of rotatable bonds is 12. The highest BCUT2D eigenvalue weighted by Crippen LogP contribution is 2.16. The lowest BCUT2D eigenvalue weighted by molar-refractivity contribution is -0.151. The molecular weight excluding hydrogens is 534 g/mol. The SMILES string of the molecule is CC(C)[C@H](NC(=O)OC(C)(C)C)C(=O)O[C@H](C=CCCCl)CC(=O)NCc1nc(C(=O)OC(C)(C)C)cs1. The summed E-state index contributed by atoms with van der Waals surface area (Å²) in [6, 6.07) is -0.974. The Morgan fingerprint density at radius 2 is 1.71 bits per heavy atom. The number of esters is 2. The highest BCUT2D eigenvalue weighted by atomic mass is 35.5. The van der Waals surface area contributed by atoms with Crippen molar-refractivity contribution in [3.63, 3.8) is 0 Å². The lowest BCUT2D eigenvalue weighted by Crippen LogP contribution is -2.48. The van der Waals surface area contributed by atoms with Crippen molar-refractivity contribution in [1.29, 1.82) is 0 Å². The quantitative estimate of drug-likeness (QED) is 0.158. The fraction of sp³-hybridized carbons (Fsp3) is 0.654. The molecular formula is C26H40ClN3O7S. The third-order valence-corrected chi connectivity index (χ3v) is 5.54. The van der Waals surface area contributed by atoms with Crippen molar-refractivity contribution in [2.75, 3.05) is 5.88 Å². The first-order valence-corrected chi connectivity index (χ1v) is 13.8. The Hall–Kier alpha value is -2.66. The van der Waals surface area contributed by atoms with Crippen LogP contribution in [0.4, 0.5) is 4.79 Å². The monoisotopic (exact) mass is 573 g/mol. The number of carbonyl (C=O) groups is 4. The number of allylic oxidation sites excluding steroid dienone is 1. The predicted molar refractivity (Wildman–Crippen MR) is 146 cm³/mol. The average molecular weight is 574 g/mol. The third kappa shape index (κ3) is 13.8. The van der Waals surface area contributed by atoms with Crippen LogP contribution < -0.4 is 10.6 Å². The van der Waals surface area contributed by atoms with E-state index in [1.807, 2.05) is 0 Å². The first kappa shape index (κ1) is 33.4. The standard InChI is InChI=1S/C26H40ClN3O7S/c1-16(2)21(30-24(34)37-26(6,7)8)23(33)35-17(11-9-10-12-27)13-19(31)28-14-20-29-18(15-38-20)22(32)36-25(3,4)5/h9,11,15-17,21H,10,12-14H2,1-8H3,(H,28,31)(H,30,34)/t17-,21+/m1/s1. The lowest BCUT2D eigenvalue weighted by Gasteiger charge is -2.26. The van der Waals surface area contributed by atoms with E-state index >= 15 is 0 Å². The second kappa shape index (κ2) is 15.1. The molecule has 0 aromatic carbocycles. The molecule has 0 aliphatic rings. The van der Waals surface area contributed by atoms with Gasteiger partial charge in [-0.25, -0.2) is 19.4 Å². The predicted octanol–water partition coefficient (Wildman–Crippen LogP) is 4.75. The molecule has 38 heavy (non-hydrogen) atoms. The van der Waals surface area contributed by atoms with E-state index in [2.05, 4.69) is 15.6 Å². The number of aromatic nitrogens is 1. The van der Waals surface area contributed by atoms with Gasteiger partial charge in [0.05, 0.1) is 13.0 Å². The van der Waals surface area contributed by atoms with Crippen molar-refractivity contribution in [2.24, 2.45) is 5.92 Å².